The van der Waals surface area contributed by atoms with E-state index in [-0.39, 0.29) is 5.75 Å². The quantitative estimate of drug-likeness (QED) is 0.450. The third-order valence-corrected chi connectivity index (χ3v) is 4.90. The van der Waals surface area contributed by atoms with E-state index < -0.39 is 0 Å². The van der Waals surface area contributed by atoms with Crippen molar-refractivity contribution in [2.24, 2.45) is 0 Å². The predicted octanol–water partition coefficient (Wildman–Crippen LogP) is 5.59. The molecule has 0 radical (unpaired) electrons. The minimum Gasteiger partial charge on any atom is -0.508 e. The molecule has 3 nitrogen and oxygen atoms in total. The van der Waals surface area contributed by atoms with Gasteiger partial charge in [0.2, 0.25) is 0 Å². The lowest BCUT2D eigenvalue weighted by Gasteiger charge is -2.16. The molecule has 0 unspecified atom stereocenters. The summed E-state index contributed by atoms with van der Waals surface area (Å²) in [7, 11) is 4.14. The van der Waals surface area contributed by atoms with E-state index in [9.17, 15) is 5.11 Å². The molecule has 3 heteroatoms. The molecule has 0 saturated carbocycles. The minimum atomic E-state index is 0.271. The van der Waals surface area contributed by atoms with Crippen LogP contribution in [0.3, 0.4) is 0 Å². The summed E-state index contributed by atoms with van der Waals surface area (Å²) in [5.74, 6) is 1.16. The predicted molar refractivity (Wildman–Crippen MR) is 120 cm³/mol. The SMILES string of the molecule is CC/C(C1=C=CC=C1)=C(/c1ccc(O)cc1)c1ccc(OCCCN(C)C)cc1. The van der Waals surface area contributed by atoms with Gasteiger partial charge in [-0.25, -0.2) is 0 Å². The van der Waals surface area contributed by atoms with E-state index in [1.54, 1.807) is 12.1 Å². The molecular weight excluding hydrogens is 358 g/mol. The number of aromatic hydroxyl groups is 1. The van der Waals surface area contributed by atoms with Crippen LogP contribution in [0.25, 0.3) is 5.57 Å². The molecule has 0 spiro atoms. The summed E-state index contributed by atoms with van der Waals surface area (Å²) in [6, 6.07) is 15.7. The number of phenolic OH excluding ortho intramolecular Hbond substituents is 1. The first kappa shape index (κ1) is 20.7. The largest absolute Gasteiger partial charge is 0.508 e. The van der Waals surface area contributed by atoms with Crippen LogP contribution >= 0.6 is 0 Å². The number of benzene rings is 2. The van der Waals surface area contributed by atoms with E-state index in [0.29, 0.717) is 6.61 Å². The van der Waals surface area contributed by atoms with Gasteiger partial charge < -0.3 is 14.7 Å². The standard InChI is InChI=1S/C26H29NO2/c1-4-25(20-8-5-6-9-20)26(21-10-14-23(28)15-11-21)22-12-16-24(17-13-22)29-19-7-18-27(2)3/h5-6,8,10-17,28H,4,7,18-19H2,1-3H3/b26-25+. The lowest BCUT2D eigenvalue weighted by molar-refractivity contribution is 0.281. The smallest absolute Gasteiger partial charge is 0.119 e. The zero-order valence-electron chi connectivity index (χ0n) is 17.5. The Morgan fingerprint density at radius 2 is 1.66 bits per heavy atom. The fourth-order valence-electron chi connectivity index (χ4n) is 3.45. The van der Waals surface area contributed by atoms with Crippen molar-refractivity contribution in [3.05, 3.63) is 94.8 Å². The molecule has 3 rings (SSSR count). The van der Waals surface area contributed by atoms with Crippen molar-refractivity contribution in [2.75, 3.05) is 27.2 Å². The van der Waals surface area contributed by atoms with Gasteiger partial charge in [0.05, 0.1) is 6.61 Å². The van der Waals surface area contributed by atoms with Gasteiger partial charge in [0.25, 0.3) is 0 Å². The van der Waals surface area contributed by atoms with Gasteiger partial charge in [-0.3, -0.25) is 0 Å². The first-order chi connectivity index (χ1) is 14.1. The van der Waals surface area contributed by atoms with Crippen LogP contribution in [-0.2, 0) is 0 Å². The molecule has 2 aromatic carbocycles. The average Bonchev–Trinajstić information content (AvgIpc) is 3.25. The van der Waals surface area contributed by atoms with E-state index in [1.807, 2.05) is 36.4 Å². The lowest BCUT2D eigenvalue weighted by Crippen LogP contribution is -2.15. The Labute approximate surface area is 174 Å². The van der Waals surface area contributed by atoms with Crippen LogP contribution in [0.15, 0.2) is 83.6 Å². The molecule has 150 valence electrons. The molecule has 0 bridgehead atoms. The molecule has 2 aromatic rings. The molecule has 1 aliphatic rings. The molecule has 0 heterocycles. The zero-order valence-corrected chi connectivity index (χ0v) is 17.5. The number of hydrogen-bond acceptors (Lipinski definition) is 3. The Morgan fingerprint density at radius 3 is 2.21 bits per heavy atom. The third kappa shape index (κ3) is 5.51. The monoisotopic (exact) mass is 387 g/mol. The second kappa shape index (κ2) is 9.97. The first-order valence-electron chi connectivity index (χ1n) is 10.1. The fourth-order valence-corrected chi connectivity index (χ4v) is 3.45. The van der Waals surface area contributed by atoms with Gasteiger partial charge in [-0.05, 0) is 85.6 Å². The Morgan fingerprint density at radius 1 is 1.00 bits per heavy atom. The highest BCUT2D eigenvalue weighted by atomic mass is 16.5. The van der Waals surface area contributed by atoms with Crippen LogP contribution in [0.5, 0.6) is 11.5 Å². The lowest BCUT2D eigenvalue weighted by atomic mass is 9.88. The molecule has 0 fully saturated rings. The minimum absolute atomic E-state index is 0.271. The Hall–Kier alpha value is -3.00. The van der Waals surface area contributed by atoms with Crippen LogP contribution in [0.2, 0.25) is 0 Å². The maximum atomic E-state index is 9.72. The molecule has 1 N–H and O–H groups in total. The van der Waals surface area contributed by atoms with Crippen LogP contribution in [0.1, 0.15) is 30.9 Å². The normalized spacial score (nSPS) is 13.6. The van der Waals surface area contributed by atoms with E-state index in [4.69, 9.17) is 4.74 Å². The second-order valence-corrected chi connectivity index (χ2v) is 7.37. The summed E-state index contributed by atoms with van der Waals surface area (Å²) in [5.41, 5.74) is 9.05. The number of ether oxygens (including phenoxy) is 1. The average molecular weight is 388 g/mol. The molecular formula is C26H29NO2. The van der Waals surface area contributed by atoms with E-state index >= 15 is 0 Å². The summed E-state index contributed by atoms with van der Waals surface area (Å²) in [6.45, 7) is 3.89. The summed E-state index contributed by atoms with van der Waals surface area (Å²) in [5, 5.41) is 9.72. The first-order valence-corrected chi connectivity index (χ1v) is 10.1. The summed E-state index contributed by atoms with van der Waals surface area (Å²) in [4.78, 5) is 2.16. The topological polar surface area (TPSA) is 32.7 Å². The van der Waals surface area contributed by atoms with Gasteiger partial charge in [0.15, 0.2) is 0 Å². The Bertz CT molecular complexity index is 941. The highest BCUT2D eigenvalue weighted by Gasteiger charge is 2.14. The molecule has 0 amide bonds. The van der Waals surface area contributed by atoms with Crippen molar-refractivity contribution in [3.63, 3.8) is 0 Å². The highest BCUT2D eigenvalue weighted by Crippen LogP contribution is 2.34. The molecule has 0 saturated heterocycles. The van der Waals surface area contributed by atoms with Crippen molar-refractivity contribution in [3.8, 4) is 11.5 Å². The number of rotatable bonds is 9. The van der Waals surface area contributed by atoms with Gasteiger partial charge in [-0.2, -0.15) is 0 Å². The Balaban J connectivity index is 1.92. The van der Waals surface area contributed by atoms with Crippen molar-refractivity contribution in [2.45, 2.75) is 19.8 Å². The summed E-state index contributed by atoms with van der Waals surface area (Å²) >= 11 is 0. The number of hydrogen-bond donors (Lipinski definition) is 1. The summed E-state index contributed by atoms with van der Waals surface area (Å²) < 4.78 is 5.89. The number of allylic oxidation sites excluding steroid dienone is 4. The second-order valence-electron chi connectivity index (χ2n) is 7.37. The van der Waals surface area contributed by atoms with E-state index in [2.05, 4.69) is 49.9 Å². The maximum Gasteiger partial charge on any atom is 0.119 e. The third-order valence-electron chi connectivity index (χ3n) is 4.90. The molecule has 0 atom stereocenters. The number of phenols is 1. The molecule has 1 aliphatic carbocycles. The van der Waals surface area contributed by atoms with Crippen molar-refractivity contribution in [1.82, 2.24) is 4.90 Å². The Kier molecular flexibility index (Phi) is 7.13. The van der Waals surface area contributed by atoms with Crippen LogP contribution in [0.4, 0.5) is 0 Å². The fraction of sp³-hybridized carbons (Fsp3) is 0.269. The van der Waals surface area contributed by atoms with Crippen molar-refractivity contribution in [1.29, 1.82) is 0 Å². The van der Waals surface area contributed by atoms with Gasteiger partial charge in [-0.15, -0.1) is 5.73 Å². The van der Waals surface area contributed by atoms with Gasteiger partial charge in [0, 0.05) is 12.1 Å². The van der Waals surface area contributed by atoms with Crippen molar-refractivity contribution < 1.29 is 9.84 Å². The van der Waals surface area contributed by atoms with Crippen LogP contribution < -0.4 is 4.74 Å². The molecule has 0 aromatic heterocycles. The number of nitrogens with zero attached hydrogens (tertiary/aromatic N) is 1. The van der Waals surface area contributed by atoms with E-state index in [1.165, 1.54) is 5.57 Å². The van der Waals surface area contributed by atoms with Gasteiger partial charge in [0.1, 0.15) is 11.5 Å². The van der Waals surface area contributed by atoms with Gasteiger partial charge in [-0.1, -0.05) is 37.3 Å². The zero-order chi connectivity index (χ0) is 20.6. The molecule has 29 heavy (non-hydrogen) atoms. The van der Waals surface area contributed by atoms with Gasteiger partial charge >= 0.3 is 0 Å². The molecule has 0 aliphatic heterocycles. The van der Waals surface area contributed by atoms with E-state index in [0.717, 1.165) is 47.4 Å². The summed E-state index contributed by atoms with van der Waals surface area (Å²) in [6.07, 6.45) is 7.95. The van der Waals surface area contributed by atoms with Crippen LogP contribution in [-0.4, -0.2) is 37.3 Å². The highest BCUT2D eigenvalue weighted by molar-refractivity contribution is 5.85. The maximum absolute atomic E-state index is 9.72. The van der Waals surface area contributed by atoms with Crippen molar-refractivity contribution >= 4 is 5.57 Å². The van der Waals surface area contributed by atoms with Crippen LogP contribution in [0, 0.1) is 0 Å².